The fourth-order valence-corrected chi connectivity index (χ4v) is 3.42. The molecule has 2 aromatic heterocycles. The molecule has 126 valence electrons. The van der Waals surface area contributed by atoms with Crippen molar-refractivity contribution in [3.63, 3.8) is 0 Å². The Balaban J connectivity index is 1.56. The Morgan fingerprint density at radius 1 is 1.12 bits per heavy atom. The lowest BCUT2D eigenvalue weighted by atomic mass is 10.0. The third-order valence-electron chi connectivity index (χ3n) is 4.72. The van der Waals surface area contributed by atoms with Gasteiger partial charge in [-0.25, -0.2) is 4.39 Å². The van der Waals surface area contributed by atoms with E-state index in [0.29, 0.717) is 11.6 Å². The van der Waals surface area contributed by atoms with E-state index >= 15 is 0 Å². The number of hydrogen-bond acceptors (Lipinski definition) is 4. The monoisotopic (exact) mass is 334 g/mol. The molecule has 0 bridgehead atoms. The summed E-state index contributed by atoms with van der Waals surface area (Å²) < 4.78 is 13.4. The smallest absolute Gasteiger partial charge is 0.154 e. The van der Waals surface area contributed by atoms with Crippen LogP contribution >= 0.6 is 0 Å². The highest BCUT2D eigenvalue weighted by atomic mass is 19.1. The highest BCUT2D eigenvalue weighted by Gasteiger charge is 2.26. The van der Waals surface area contributed by atoms with Crippen molar-refractivity contribution >= 4 is 5.82 Å². The molecule has 5 heteroatoms. The molecular weight excluding hydrogens is 315 g/mol. The number of rotatable bonds is 3. The average Bonchev–Trinajstić information content (AvgIpc) is 3.12. The summed E-state index contributed by atoms with van der Waals surface area (Å²) in [5.74, 6) is 1.12. The van der Waals surface area contributed by atoms with Crippen LogP contribution in [0.25, 0.3) is 11.3 Å². The van der Waals surface area contributed by atoms with Gasteiger partial charge in [-0.15, -0.1) is 10.2 Å². The van der Waals surface area contributed by atoms with E-state index in [1.807, 2.05) is 31.3 Å². The van der Waals surface area contributed by atoms with Gasteiger partial charge < -0.3 is 4.90 Å². The molecule has 0 N–H and O–H groups in total. The van der Waals surface area contributed by atoms with Crippen LogP contribution in [-0.4, -0.2) is 28.3 Å². The van der Waals surface area contributed by atoms with Crippen LogP contribution in [0.4, 0.5) is 10.2 Å². The van der Waals surface area contributed by atoms with Crippen molar-refractivity contribution in [2.75, 3.05) is 18.0 Å². The van der Waals surface area contributed by atoms with Gasteiger partial charge in [0.05, 0.1) is 5.69 Å². The Kier molecular flexibility index (Phi) is 4.14. The maximum absolute atomic E-state index is 13.4. The zero-order valence-corrected chi connectivity index (χ0v) is 14.1. The quantitative estimate of drug-likeness (QED) is 0.726. The second-order valence-electron chi connectivity index (χ2n) is 6.46. The Morgan fingerprint density at radius 3 is 2.80 bits per heavy atom. The first-order chi connectivity index (χ1) is 12.2. The normalized spacial score (nSPS) is 17.0. The van der Waals surface area contributed by atoms with Gasteiger partial charge in [-0.2, -0.15) is 0 Å². The van der Waals surface area contributed by atoms with Crippen LogP contribution in [-0.2, 0) is 0 Å². The number of pyridine rings is 1. The van der Waals surface area contributed by atoms with Crippen LogP contribution in [0, 0.1) is 12.7 Å². The lowest BCUT2D eigenvalue weighted by molar-refractivity contribution is 0.628. The predicted molar refractivity (Wildman–Crippen MR) is 96.0 cm³/mol. The molecule has 1 unspecified atom stereocenters. The number of nitrogens with zero attached hydrogens (tertiary/aromatic N) is 4. The maximum atomic E-state index is 13.4. The second-order valence-corrected chi connectivity index (χ2v) is 6.46. The van der Waals surface area contributed by atoms with E-state index in [1.54, 1.807) is 12.3 Å². The molecule has 1 saturated heterocycles. The van der Waals surface area contributed by atoms with Gasteiger partial charge in [0.1, 0.15) is 5.82 Å². The third-order valence-corrected chi connectivity index (χ3v) is 4.72. The zero-order valence-electron chi connectivity index (χ0n) is 14.1. The van der Waals surface area contributed by atoms with Gasteiger partial charge in [-0.3, -0.25) is 4.98 Å². The van der Waals surface area contributed by atoms with Gasteiger partial charge in [-0.05, 0) is 48.7 Å². The fourth-order valence-electron chi connectivity index (χ4n) is 3.42. The van der Waals surface area contributed by atoms with Crippen molar-refractivity contribution in [2.24, 2.45) is 0 Å². The van der Waals surface area contributed by atoms with Gasteiger partial charge >= 0.3 is 0 Å². The van der Waals surface area contributed by atoms with Crippen LogP contribution in [0.15, 0.2) is 54.9 Å². The molecule has 1 aromatic carbocycles. The first kappa shape index (κ1) is 15.7. The Hall–Kier alpha value is -2.82. The van der Waals surface area contributed by atoms with Crippen molar-refractivity contribution in [1.29, 1.82) is 0 Å². The molecule has 0 radical (unpaired) electrons. The number of aromatic nitrogens is 3. The van der Waals surface area contributed by atoms with Crippen LogP contribution in [0.2, 0.25) is 0 Å². The van der Waals surface area contributed by atoms with Gasteiger partial charge in [0.2, 0.25) is 0 Å². The SMILES string of the molecule is Cc1cc(-c2cccc(F)c2)nnc1N1CCC(c2cccnc2)C1. The first-order valence-electron chi connectivity index (χ1n) is 8.46. The predicted octanol–water partition coefficient (Wildman–Crippen LogP) is 3.98. The topological polar surface area (TPSA) is 41.9 Å². The van der Waals surface area contributed by atoms with E-state index in [2.05, 4.69) is 26.1 Å². The highest BCUT2D eigenvalue weighted by molar-refractivity contribution is 5.62. The van der Waals surface area contributed by atoms with Crippen molar-refractivity contribution < 1.29 is 4.39 Å². The molecule has 1 aliphatic rings. The minimum Gasteiger partial charge on any atom is -0.354 e. The molecule has 0 aliphatic carbocycles. The molecule has 4 nitrogen and oxygen atoms in total. The number of benzene rings is 1. The fraction of sp³-hybridized carbons (Fsp3) is 0.250. The Bertz CT molecular complexity index is 882. The largest absolute Gasteiger partial charge is 0.354 e. The minimum absolute atomic E-state index is 0.264. The molecule has 1 atom stereocenters. The molecule has 0 spiro atoms. The summed E-state index contributed by atoms with van der Waals surface area (Å²) in [6, 6.07) is 12.5. The van der Waals surface area contributed by atoms with Gasteiger partial charge in [0.15, 0.2) is 5.82 Å². The summed E-state index contributed by atoms with van der Waals surface area (Å²) in [5.41, 5.74) is 3.77. The van der Waals surface area contributed by atoms with Crippen LogP contribution in [0.3, 0.4) is 0 Å². The van der Waals surface area contributed by atoms with Crippen LogP contribution in [0.5, 0.6) is 0 Å². The number of anilines is 1. The molecule has 0 saturated carbocycles. The molecule has 3 heterocycles. The summed E-state index contributed by atoms with van der Waals surface area (Å²) >= 11 is 0. The molecule has 3 aromatic rings. The lowest BCUT2D eigenvalue weighted by Gasteiger charge is -2.19. The highest BCUT2D eigenvalue weighted by Crippen LogP contribution is 2.31. The van der Waals surface area contributed by atoms with E-state index in [4.69, 9.17) is 0 Å². The van der Waals surface area contributed by atoms with Crippen molar-refractivity contribution in [2.45, 2.75) is 19.3 Å². The molecule has 1 aliphatic heterocycles. The molecule has 0 amide bonds. The van der Waals surface area contributed by atoms with Crippen LogP contribution < -0.4 is 4.90 Å². The third kappa shape index (κ3) is 3.22. The second kappa shape index (κ2) is 6.59. The molecule has 25 heavy (non-hydrogen) atoms. The van der Waals surface area contributed by atoms with Crippen molar-refractivity contribution in [1.82, 2.24) is 15.2 Å². The average molecular weight is 334 g/mol. The van der Waals surface area contributed by atoms with Crippen LogP contribution in [0.1, 0.15) is 23.5 Å². The number of hydrogen-bond donors (Lipinski definition) is 0. The summed E-state index contributed by atoms with van der Waals surface area (Å²) in [6.07, 6.45) is 4.83. The Labute approximate surface area is 146 Å². The summed E-state index contributed by atoms with van der Waals surface area (Å²) in [4.78, 5) is 6.49. The van der Waals surface area contributed by atoms with Crippen molar-refractivity contribution in [3.05, 3.63) is 71.8 Å². The molecule has 4 rings (SSSR count). The standard InChI is InChI=1S/C20H19FN4/c1-14-10-19(15-4-2-6-18(21)11-15)23-24-20(14)25-9-7-17(13-25)16-5-3-8-22-12-16/h2-6,8,10-12,17H,7,9,13H2,1H3. The van der Waals surface area contributed by atoms with E-state index in [0.717, 1.165) is 36.5 Å². The molecule has 1 fully saturated rings. The van der Waals surface area contributed by atoms with E-state index < -0.39 is 0 Å². The maximum Gasteiger partial charge on any atom is 0.154 e. The molecular formula is C20H19FN4. The minimum atomic E-state index is -0.264. The summed E-state index contributed by atoms with van der Waals surface area (Å²) in [6.45, 7) is 3.90. The van der Waals surface area contributed by atoms with Crippen molar-refractivity contribution in [3.8, 4) is 11.3 Å². The number of halogens is 1. The Morgan fingerprint density at radius 2 is 2.04 bits per heavy atom. The lowest BCUT2D eigenvalue weighted by Crippen LogP contribution is -2.22. The van der Waals surface area contributed by atoms with E-state index in [9.17, 15) is 4.39 Å². The summed E-state index contributed by atoms with van der Waals surface area (Å²) in [7, 11) is 0. The van der Waals surface area contributed by atoms with E-state index in [-0.39, 0.29) is 5.82 Å². The van der Waals surface area contributed by atoms with Gasteiger partial charge in [0, 0.05) is 37.0 Å². The van der Waals surface area contributed by atoms with E-state index in [1.165, 1.54) is 17.7 Å². The van der Waals surface area contributed by atoms with Gasteiger partial charge in [-0.1, -0.05) is 18.2 Å². The summed E-state index contributed by atoms with van der Waals surface area (Å²) in [5, 5.41) is 8.75. The van der Waals surface area contributed by atoms with Gasteiger partial charge in [0.25, 0.3) is 0 Å². The zero-order chi connectivity index (χ0) is 17.2. The first-order valence-corrected chi connectivity index (χ1v) is 8.46. The number of aryl methyl sites for hydroxylation is 1.